The number of hydrogen-bond acceptors (Lipinski definition) is 4. The molecule has 1 spiro atoms. The summed E-state index contributed by atoms with van der Waals surface area (Å²) in [5.74, 6) is 0.333. The van der Waals surface area contributed by atoms with E-state index in [1.807, 2.05) is 12.3 Å². The predicted molar refractivity (Wildman–Crippen MR) is 134 cm³/mol. The number of hydrogen-bond donors (Lipinski definition) is 1. The van der Waals surface area contributed by atoms with Gasteiger partial charge in [-0.2, -0.15) is 0 Å². The van der Waals surface area contributed by atoms with E-state index in [0.717, 1.165) is 37.1 Å². The van der Waals surface area contributed by atoms with Crippen molar-refractivity contribution in [2.45, 2.75) is 51.2 Å². The first kappa shape index (κ1) is 22.8. The van der Waals surface area contributed by atoms with Gasteiger partial charge in [0.05, 0.1) is 6.61 Å². The molecule has 5 nitrogen and oxygen atoms in total. The van der Waals surface area contributed by atoms with E-state index in [1.165, 1.54) is 27.8 Å². The summed E-state index contributed by atoms with van der Waals surface area (Å²) in [5, 5.41) is 3.56. The molecule has 0 aliphatic carbocycles. The number of benzene rings is 2. The number of ether oxygens (including phenoxy) is 1. The highest BCUT2D eigenvalue weighted by Crippen LogP contribution is 2.50. The summed E-state index contributed by atoms with van der Waals surface area (Å²) in [6, 6.07) is 16.8. The van der Waals surface area contributed by atoms with Crippen LogP contribution < -0.4 is 10.9 Å². The van der Waals surface area contributed by atoms with E-state index in [4.69, 9.17) is 4.74 Å². The van der Waals surface area contributed by atoms with Crippen LogP contribution >= 0.6 is 0 Å². The minimum atomic E-state index is -0.473. The Bertz CT molecular complexity index is 1310. The van der Waals surface area contributed by atoms with Gasteiger partial charge < -0.3 is 19.4 Å². The number of rotatable bonds is 5. The summed E-state index contributed by atoms with van der Waals surface area (Å²) in [6.07, 6.45) is 4.08. The fourth-order valence-electron chi connectivity index (χ4n) is 5.76. The minimum absolute atomic E-state index is 0.00939. The zero-order chi connectivity index (χ0) is 23.9. The van der Waals surface area contributed by atoms with Gasteiger partial charge >= 0.3 is 0 Å². The van der Waals surface area contributed by atoms with Crippen LogP contribution in [0.5, 0.6) is 0 Å². The molecule has 0 saturated carbocycles. The van der Waals surface area contributed by atoms with Crippen molar-refractivity contribution in [1.29, 1.82) is 0 Å². The number of aryl methyl sites for hydroxylation is 3. The fourth-order valence-corrected chi connectivity index (χ4v) is 5.76. The molecule has 5 heteroatoms. The second-order valence-corrected chi connectivity index (χ2v) is 9.78. The quantitative estimate of drug-likeness (QED) is 0.619. The van der Waals surface area contributed by atoms with Crippen molar-refractivity contribution < 1.29 is 9.53 Å². The topological polar surface area (TPSA) is 60.3 Å². The minimum Gasteiger partial charge on any atom is -0.365 e. The molecule has 0 radical (unpaired) electrons. The Hall–Kier alpha value is -3.02. The molecule has 1 N–H and O–H groups in total. The SMILES string of the molecule is CC(=O)CCc1ccccc1-c1ccc(C2CNCCC23OCc2cn(C)c(=O)cc23)c(C)c1. The van der Waals surface area contributed by atoms with Crippen LogP contribution in [-0.2, 0) is 35.2 Å². The molecule has 1 aromatic heterocycles. The molecular formula is C29H32N2O3. The summed E-state index contributed by atoms with van der Waals surface area (Å²) >= 11 is 0. The van der Waals surface area contributed by atoms with Gasteiger partial charge in [0.2, 0.25) is 0 Å². The maximum absolute atomic E-state index is 12.5. The molecule has 176 valence electrons. The number of pyridine rings is 1. The van der Waals surface area contributed by atoms with E-state index in [9.17, 15) is 9.59 Å². The van der Waals surface area contributed by atoms with Crippen molar-refractivity contribution in [3.05, 3.63) is 92.9 Å². The van der Waals surface area contributed by atoms with Gasteiger partial charge in [-0.3, -0.25) is 4.79 Å². The lowest BCUT2D eigenvalue weighted by molar-refractivity contribution is -0.116. The first-order chi connectivity index (χ1) is 16.4. The Balaban J connectivity index is 1.53. The normalized spacial score (nSPS) is 21.6. The third kappa shape index (κ3) is 3.93. The molecule has 2 atom stereocenters. The second-order valence-electron chi connectivity index (χ2n) is 9.78. The zero-order valence-corrected chi connectivity index (χ0v) is 20.2. The van der Waals surface area contributed by atoms with Crippen molar-refractivity contribution in [2.75, 3.05) is 13.1 Å². The summed E-state index contributed by atoms with van der Waals surface area (Å²) < 4.78 is 8.19. The van der Waals surface area contributed by atoms with E-state index in [-0.39, 0.29) is 17.3 Å². The molecule has 2 aliphatic heterocycles. The van der Waals surface area contributed by atoms with E-state index in [0.29, 0.717) is 13.0 Å². The fraction of sp³-hybridized carbons (Fsp3) is 0.379. The number of ketones is 1. The van der Waals surface area contributed by atoms with Crippen LogP contribution in [0.1, 0.15) is 53.5 Å². The molecule has 2 aromatic carbocycles. The Morgan fingerprint density at radius 3 is 2.82 bits per heavy atom. The van der Waals surface area contributed by atoms with Crippen LogP contribution in [0.2, 0.25) is 0 Å². The third-order valence-corrected chi connectivity index (χ3v) is 7.56. The van der Waals surface area contributed by atoms with Gasteiger partial charge in [0.25, 0.3) is 5.56 Å². The Kier molecular flexibility index (Phi) is 6.00. The first-order valence-corrected chi connectivity index (χ1v) is 12.1. The Labute approximate surface area is 200 Å². The maximum Gasteiger partial charge on any atom is 0.250 e. The van der Waals surface area contributed by atoms with Crippen LogP contribution in [0.3, 0.4) is 0 Å². The van der Waals surface area contributed by atoms with Crippen molar-refractivity contribution in [3.8, 4) is 11.1 Å². The lowest BCUT2D eigenvalue weighted by Crippen LogP contribution is -2.47. The number of Topliss-reactive ketones (excluding diaryl/α,β-unsaturated/α-hetero) is 1. The van der Waals surface area contributed by atoms with Gasteiger partial charge in [-0.15, -0.1) is 0 Å². The summed E-state index contributed by atoms with van der Waals surface area (Å²) in [6.45, 7) is 6.03. The van der Waals surface area contributed by atoms with Gasteiger partial charge in [0, 0.05) is 43.8 Å². The highest BCUT2D eigenvalue weighted by molar-refractivity contribution is 5.76. The van der Waals surface area contributed by atoms with Crippen LogP contribution in [-0.4, -0.2) is 23.4 Å². The van der Waals surface area contributed by atoms with Crippen LogP contribution in [0.4, 0.5) is 0 Å². The lowest BCUT2D eigenvalue weighted by atomic mass is 9.72. The first-order valence-electron chi connectivity index (χ1n) is 12.1. The van der Waals surface area contributed by atoms with Gasteiger partial charge in [0.15, 0.2) is 0 Å². The van der Waals surface area contributed by atoms with Crippen molar-refractivity contribution in [3.63, 3.8) is 0 Å². The largest absolute Gasteiger partial charge is 0.365 e. The van der Waals surface area contributed by atoms with E-state index >= 15 is 0 Å². The second kappa shape index (κ2) is 8.97. The zero-order valence-electron chi connectivity index (χ0n) is 20.2. The van der Waals surface area contributed by atoms with Crippen LogP contribution in [0.25, 0.3) is 11.1 Å². The highest BCUT2D eigenvalue weighted by Gasteiger charge is 2.49. The smallest absolute Gasteiger partial charge is 0.250 e. The molecule has 0 amide bonds. The molecule has 0 bridgehead atoms. The highest BCUT2D eigenvalue weighted by atomic mass is 16.5. The molecule has 1 saturated heterocycles. The van der Waals surface area contributed by atoms with Crippen LogP contribution in [0.15, 0.2) is 59.5 Å². The summed E-state index contributed by atoms with van der Waals surface area (Å²) in [5.41, 5.74) is 7.72. The number of piperidine rings is 1. The average molecular weight is 457 g/mol. The molecule has 1 fully saturated rings. The summed E-state index contributed by atoms with van der Waals surface area (Å²) in [7, 11) is 1.80. The van der Waals surface area contributed by atoms with Crippen molar-refractivity contribution in [2.24, 2.45) is 7.05 Å². The number of aromatic nitrogens is 1. The molecule has 2 unspecified atom stereocenters. The number of carbonyl (C=O) groups excluding carboxylic acids is 1. The molecule has 3 aromatic rings. The Morgan fingerprint density at radius 1 is 1.21 bits per heavy atom. The average Bonchev–Trinajstić information content (AvgIpc) is 3.16. The van der Waals surface area contributed by atoms with E-state index < -0.39 is 5.60 Å². The maximum atomic E-state index is 12.5. The third-order valence-electron chi connectivity index (χ3n) is 7.56. The van der Waals surface area contributed by atoms with Crippen LogP contribution in [0, 0.1) is 6.92 Å². The number of fused-ring (bicyclic) bond motifs is 2. The van der Waals surface area contributed by atoms with Gasteiger partial charge in [-0.1, -0.05) is 42.5 Å². The molecular weight excluding hydrogens is 424 g/mol. The number of nitrogens with zero attached hydrogens (tertiary/aromatic N) is 1. The van der Waals surface area contributed by atoms with Crippen molar-refractivity contribution in [1.82, 2.24) is 9.88 Å². The monoisotopic (exact) mass is 456 g/mol. The van der Waals surface area contributed by atoms with Gasteiger partial charge in [-0.25, -0.2) is 0 Å². The summed E-state index contributed by atoms with van der Waals surface area (Å²) in [4.78, 5) is 24.1. The lowest BCUT2D eigenvalue weighted by Gasteiger charge is -2.42. The van der Waals surface area contributed by atoms with Gasteiger partial charge in [0.1, 0.15) is 11.4 Å². The molecule has 34 heavy (non-hydrogen) atoms. The predicted octanol–water partition coefficient (Wildman–Crippen LogP) is 4.38. The van der Waals surface area contributed by atoms with E-state index in [2.05, 4.69) is 48.6 Å². The van der Waals surface area contributed by atoms with E-state index in [1.54, 1.807) is 24.6 Å². The molecule has 3 heterocycles. The number of nitrogens with one attached hydrogen (secondary N) is 1. The van der Waals surface area contributed by atoms with Gasteiger partial charge in [-0.05, 0) is 66.6 Å². The van der Waals surface area contributed by atoms with Crippen molar-refractivity contribution >= 4 is 5.78 Å². The molecule has 5 rings (SSSR count). The number of carbonyl (C=O) groups is 1. The standard InChI is InChI=1S/C29H32N2O3/c1-19-14-22(25-7-5-4-6-21(25)9-8-20(2)32)10-11-24(19)27-16-30-13-12-29(27)26-15-28(33)31(3)17-23(26)18-34-29/h4-7,10-11,14-15,17,27,30H,8-9,12-13,16,18H2,1-3H3. The molecule has 2 aliphatic rings. The Morgan fingerprint density at radius 2 is 2.03 bits per heavy atom.